The van der Waals surface area contributed by atoms with Crippen molar-refractivity contribution >= 4 is 11.9 Å². The summed E-state index contributed by atoms with van der Waals surface area (Å²) in [6.45, 7) is 4.16. The average Bonchev–Trinajstić information content (AvgIpc) is 2.56. The van der Waals surface area contributed by atoms with Crippen molar-refractivity contribution in [3.8, 4) is 0 Å². The Kier molecular flexibility index (Phi) is 2.33. The van der Waals surface area contributed by atoms with Crippen molar-refractivity contribution in [3.63, 3.8) is 0 Å². The SMILES string of the molecule is CCCC1CC(C)C2C(=O)OC(=O)C12. The van der Waals surface area contributed by atoms with Crippen molar-refractivity contribution in [2.75, 3.05) is 0 Å². The van der Waals surface area contributed by atoms with Crippen LogP contribution < -0.4 is 0 Å². The Morgan fingerprint density at radius 3 is 2.57 bits per heavy atom. The monoisotopic (exact) mass is 196 g/mol. The van der Waals surface area contributed by atoms with Crippen LogP contribution in [0.1, 0.15) is 33.1 Å². The van der Waals surface area contributed by atoms with Gasteiger partial charge in [-0.15, -0.1) is 0 Å². The summed E-state index contributed by atoms with van der Waals surface area (Å²) in [6, 6.07) is 0. The summed E-state index contributed by atoms with van der Waals surface area (Å²) in [5.74, 6) is -0.139. The molecule has 0 spiro atoms. The molecular formula is C11H16O3. The normalized spacial score (nSPS) is 41.3. The summed E-state index contributed by atoms with van der Waals surface area (Å²) in [6.07, 6.45) is 3.11. The Morgan fingerprint density at radius 2 is 1.93 bits per heavy atom. The van der Waals surface area contributed by atoms with Crippen molar-refractivity contribution in [1.82, 2.24) is 0 Å². The van der Waals surface area contributed by atoms with Gasteiger partial charge in [0.1, 0.15) is 0 Å². The first-order valence-electron chi connectivity index (χ1n) is 5.40. The first kappa shape index (κ1) is 9.69. The van der Waals surface area contributed by atoms with Crippen LogP contribution >= 0.6 is 0 Å². The van der Waals surface area contributed by atoms with Crippen molar-refractivity contribution in [1.29, 1.82) is 0 Å². The van der Waals surface area contributed by atoms with Gasteiger partial charge in [0.05, 0.1) is 11.8 Å². The number of cyclic esters (lactones) is 2. The highest BCUT2D eigenvalue weighted by Crippen LogP contribution is 2.47. The number of carbonyl (C=O) groups excluding carboxylic acids is 2. The van der Waals surface area contributed by atoms with Gasteiger partial charge in [0.15, 0.2) is 0 Å². The summed E-state index contributed by atoms with van der Waals surface area (Å²) >= 11 is 0. The number of ether oxygens (including phenoxy) is 1. The molecule has 1 saturated heterocycles. The maximum Gasteiger partial charge on any atom is 0.317 e. The van der Waals surface area contributed by atoms with Crippen LogP contribution in [-0.4, -0.2) is 11.9 Å². The van der Waals surface area contributed by atoms with Gasteiger partial charge in [-0.25, -0.2) is 0 Å². The summed E-state index contributed by atoms with van der Waals surface area (Å²) in [7, 11) is 0. The minimum Gasteiger partial charge on any atom is -0.393 e. The zero-order valence-corrected chi connectivity index (χ0v) is 8.66. The van der Waals surface area contributed by atoms with Gasteiger partial charge < -0.3 is 4.74 Å². The molecule has 3 nitrogen and oxygen atoms in total. The van der Waals surface area contributed by atoms with E-state index in [0.717, 1.165) is 19.3 Å². The molecule has 4 atom stereocenters. The van der Waals surface area contributed by atoms with E-state index in [1.165, 1.54) is 0 Å². The summed E-state index contributed by atoms with van der Waals surface area (Å²) in [5, 5.41) is 0. The molecule has 3 heteroatoms. The second-order valence-electron chi connectivity index (χ2n) is 4.55. The van der Waals surface area contributed by atoms with Gasteiger partial charge in [0, 0.05) is 0 Å². The van der Waals surface area contributed by atoms with E-state index in [9.17, 15) is 9.59 Å². The molecule has 4 unspecified atom stereocenters. The van der Waals surface area contributed by atoms with E-state index in [-0.39, 0.29) is 23.8 Å². The Morgan fingerprint density at radius 1 is 1.29 bits per heavy atom. The van der Waals surface area contributed by atoms with Gasteiger partial charge in [0.2, 0.25) is 0 Å². The largest absolute Gasteiger partial charge is 0.393 e. The first-order valence-corrected chi connectivity index (χ1v) is 5.40. The number of carbonyl (C=O) groups is 2. The third-order valence-corrected chi connectivity index (χ3v) is 3.59. The van der Waals surface area contributed by atoms with Gasteiger partial charge in [-0.2, -0.15) is 0 Å². The quantitative estimate of drug-likeness (QED) is 0.499. The minimum atomic E-state index is -0.286. The molecule has 0 radical (unpaired) electrons. The van der Waals surface area contributed by atoms with E-state index in [1.54, 1.807) is 0 Å². The Hall–Kier alpha value is -0.860. The molecule has 0 aromatic rings. The van der Waals surface area contributed by atoms with Gasteiger partial charge in [0.25, 0.3) is 0 Å². The van der Waals surface area contributed by atoms with Crippen molar-refractivity contribution in [2.24, 2.45) is 23.7 Å². The first-order chi connectivity index (χ1) is 6.65. The maximum absolute atomic E-state index is 11.5. The number of esters is 2. The molecule has 0 aromatic carbocycles. The van der Waals surface area contributed by atoms with Crippen molar-refractivity contribution < 1.29 is 14.3 Å². The van der Waals surface area contributed by atoms with Crippen LogP contribution in [-0.2, 0) is 14.3 Å². The van der Waals surface area contributed by atoms with E-state index in [1.807, 2.05) is 6.92 Å². The average molecular weight is 196 g/mol. The number of fused-ring (bicyclic) bond motifs is 1. The highest BCUT2D eigenvalue weighted by molar-refractivity contribution is 5.97. The second kappa shape index (κ2) is 3.37. The lowest BCUT2D eigenvalue weighted by Gasteiger charge is -2.12. The summed E-state index contributed by atoms with van der Waals surface area (Å²) in [4.78, 5) is 22.8. The minimum absolute atomic E-state index is 0.127. The van der Waals surface area contributed by atoms with E-state index < -0.39 is 0 Å². The molecule has 2 rings (SSSR count). The lowest BCUT2D eigenvalue weighted by atomic mass is 9.88. The van der Waals surface area contributed by atoms with Crippen LogP contribution in [0.25, 0.3) is 0 Å². The summed E-state index contributed by atoms with van der Waals surface area (Å²) in [5.41, 5.74) is 0. The van der Waals surface area contributed by atoms with Gasteiger partial charge in [-0.05, 0) is 24.7 Å². The highest BCUT2D eigenvalue weighted by Gasteiger charge is 2.55. The van der Waals surface area contributed by atoms with Gasteiger partial charge >= 0.3 is 11.9 Å². The third-order valence-electron chi connectivity index (χ3n) is 3.59. The van der Waals surface area contributed by atoms with E-state index in [2.05, 4.69) is 6.92 Å². The molecule has 1 heterocycles. The molecule has 0 aromatic heterocycles. The molecule has 1 aliphatic heterocycles. The lowest BCUT2D eigenvalue weighted by Crippen LogP contribution is -2.19. The fraction of sp³-hybridized carbons (Fsp3) is 0.818. The Balaban J connectivity index is 2.20. The Labute approximate surface area is 83.8 Å². The molecule has 1 aliphatic carbocycles. The standard InChI is InChI=1S/C11H16O3/c1-3-4-7-5-6(2)8-9(7)11(13)14-10(8)12/h6-9H,3-5H2,1-2H3. The van der Waals surface area contributed by atoms with Crippen LogP contribution in [0.15, 0.2) is 0 Å². The van der Waals surface area contributed by atoms with Crippen LogP contribution in [0.5, 0.6) is 0 Å². The molecule has 78 valence electrons. The van der Waals surface area contributed by atoms with Crippen molar-refractivity contribution in [2.45, 2.75) is 33.1 Å². The van der Waals surface area contributed by atoms with Crippen LogP contribution in [0.2, 0.25) is 0 Å². The molecule has 0 bridgehead atoms. The van der Waals surface area contributed by atoms with Gasteiger partial charge in [-0.1, -0.05) is 20.3 Å². The van der Waals surface area contributed by atoms with Crippen molar-refractivity contribution in [3.05, 3.63) is 0 Å². The van der Waals surface area contributed by atoms with Crippen LogP contribution in [0, 0.1) is 23.7 Å². The van der Waals surface area contributed by atoms with E-state index in [4.69, 9.17) is 4.74 Å². The lowest BCUT2D eigenvalue weighted by molar-refractivity contribution is -0.155. The maximum atomic E-state index is 11.5. The van der Waals surface area contributed by atoms with Crippen LogP contribution in [0.3, 0.4) is 0 Å². The highest BCUT2D eigenvalue weighted by atomic mass is 16.6. The number of hydrogen-bond donors (Lipinski definition) is 0. The smallest absolute Gasteiger partial charge is 0.317 e. The third kappa shape index (κ3) is 1.26. The van der Waals surface area contributed by atoms with Gasteiger partial charge in [-0.3, -0.25) is 9.59 Å². The fourth-order valence-electron chi connectivity index (χ4n) is 3.04. The molecule has 0 amide bonds. The fourth-order valence-corrected chi connectivity index (χ4v) is 3.04. The predicted molar refractivity (Wildman–Crippen MR) is 50.3 cm³/mol. The zero-order chi connectivity index (χ0) is 10.3. The van der Waals surface area contributed by atoms with Crippen LogP contribution in [0.4, 0.5) is 0 Å². The molecule has 2 fully saturated rings. The van der Waals surface area contributed by atoms with E-state index in [0.29, 0.717) is 11.8 Å². The summed E-state index contributed by atoms with van der Waals surface area (Å²) < 4.78 is 4.70. The molecule has 14 heavy (non-hydrogen) atoms. The zero-order valence-electron chi connectivity index (χ0n) is 8.66. The Bertz CT molecular complexity index is 272. The molecule has 1 saturated carbocycles. The number of rotatable bonds is 2. The molecule has 0 N–H and O–H groups in total. The molecule has 2 aliphatic rings. The second-order valence-corrected chi connectivity index (χ2v) is 4.55. The number of hydrogen-bond acceptors (Lipinski definition) is 3. The van der Waals surface area contributed by atoms with E-state index >= 15 is 0 Å². The molecular weight excluding hydrogens is 180 g/mol. The predicted octanol–water partition coefficient (Wildman–Crippen LogP) is 1.76. The topological polar surface area (TPSA) is 43.4 Å².